The van der Waals surface area contributed by atoms with Crippen molar-refractivity contribution in [3.63, 3.8) is 0 Å². The highest BCUT2D eigenvalue weighted by molar-refractivity contribution is 5.86. The van der Waals surface area contributed by atoms with Crippen molar-refractivity contribution in [2.45, 2.75) is 13.0 Å². The molecule has 0 atom stereocenters. The molecule has 2 aromatic rings. The van der Waals surface area contributed by atoms with Gasteiger partial charge in [-0.25, -0.2) is 0 Å². The van der Waals surface area contributed by atoms with Gasteiger partial charge in [-0.1, -0.05) is 0 Å². The Hall–Kier alpha value is -3.27. The highest BCUT2D eigenvalue weighted by atomic mass is 16.5. The van der Waals surface area contributed by atoms with Crippen LogP contribution in [0.4, 0.5) is 0 Å². The third kappa shape index (κ3) is 3.93. The van der Waals surface area contributed by atoms with Crippen LogP contribution >= 0.6 is 0 Å². The number of aliphatic carboxylic acids is 1. The fraction of sp³-hybridized carbons (Fsp3) is 0.235. The van der Waals surface area contributed by atoms with Crippen molar-refractivity contribution < 1.29 is 19.4 Å². The number of methoxy groups -OCH3 is 2. The van der Waals surface area contributed by atoms with E-state index in [1.54, 1.807) is 36.2 Å². The van der Waals surface area contributed by atoms with Gasteiger partial charge in [0.05, 0.1) is 44.9 Å². The summed E-state index contributed by atoms with van der Waals surface area (Å²) in [5.74, 6) is -0.175. The van der Waals surface area contributed by atoms with Gasteiger partial charge in [-0.2, -0.15) is 10.4 Å². The minimum Gasteiger partial charge on any atom is -0.545 e. The third-order valence-electron chi connectivity index (χ3n) is 3.30. The van der Waals surface area contributed by atoms with Crippen LogP contribution in [0, 0.1) is 11.3 Å². The van der Waals surface area contributed by atoms with Gasteiger partial charge in [-0.3, -0.25) is 4.68 Å². The highest BCUT2D eigenvalue weighted by Crippen LogP contribution is 2.33. The van der Waals surface area contributed by atoms with E-state index in [9.17, 15) is 9.90 Å². The zero-order valence-corrected chi connectivity index (χ0v) is 13.4. The Bertz CT molecular complexity index is 803. The Morgan fingerprint density at radius 1 is 1.38 bits per heavy atom. The molecule has 124 valence electrons. The summed E-state index contributed by atoms with van der Waals surface area (Å²) >= 11 is 0. The summed E-state index contributed by atoms with van der Waals surface area (Å²) in [4.78, 5) is 10.7. The molecule has 1 heterocycles. The maximum atomic E-state index is 10.7. The number of aromatic nitrogens is 2. The molecule has 0 saturated carbocycles. The standard InChI is InChI=1S/C17H17N3O4/c1-23-14-6-4-12(10-15(14)24-2)17-13(5-7-16(21)22)11-20(19-17)9-3-8-18/h4-7,10-11H,3,9H2,1-2H3,(H,21,22)/p-1/b7-5+. The second kappa shape index (κ2) is 7.83. The Morgan fingerprint density at radius 3 is 2.75 bits per heavy atom. The normalized spacial score (nSPS) is 10.5. The number of hydrogen-bond donors (Lipinski definition) is 0. The number of carbonyl (C=O) groups is 1. The number of carboxylic acids is 1. The molecule has 0 radical (unpaired) electrons. The third-order valence-corrected chi connectivity index (χ3v) is 3.30. The van der Waals surface area contributed by atoms with Crippen LogP contribution in [-0.2, 0) is 11.3 Å². The van der Waals surface area contributed by atoms with Crippen molar-refractivity contribution in [3.05, 3.63) is 36.0 Å². The first kappa shape index (κ1) is 17.1. The Labute approximate surface area is 139 Å². The maximum absolute atomic E-state index is 10.7. The molecule has 0 aliphatic heterocycles. The molecule has 7 heteroatoms. The largest absolute Gasteiger partial charge is 0.545 e. The lowest BCUT2D eigenvalue weighted by atomic mass is 10.1. The first-order valence-electron chi connectivity index (χ1n) is 7.15. The molecule has 1 aromatic carbocycles. The lowest BCUT2D eigenvalue weighted by Crippen LogP contribution is -2.18. The number of nitriles is 1. The molecule has 0 aliphatic rings. The topological polar surface area (TPSA) is 100 Å². The molecule has 7 nitrogen and oxygen atoms in total. The summed E-state index contributed by atoms with van der Waals surface area (Å²) in [6.45, 7) is 0.413. The van der Waals surface area contributed by atoms with E-state index in [0.717, 1.165) is 11.6 Å². The summed E-state index contributed by atoms with van der Waals surface area (Å²) in [6, 6.07) is 7.35. The maximum Gasteiger partial charge on any atom is 0.161 e. The lowest BCUT2D eigenvalue weighted by Gasteiger charge is -2.09. The minimum absolute atomic E-state index is 0.302. The average molecular weight is 326 g/mol. The van der Waals surface area contributed by atoms with Crippen molar-refractivity contribution in [3.8, 4) is 28.8 Å². The molecule has 0 saturated heterocycles. The van der Waals surface area contributed by atoms with Gasteiger partial charge in [0, 0.05) is 17.3 Å². The molecule has 0 fully saturated rings. The summed E-state index contributed by atoms with van der Waals surface area (Å²) in [5, 5.41) is 23.8. The van der Waals surface area contributed by atoms with Gasteiger partial charge in [-0.15, -0.1) is 0 Å². The quantitative estimate of drug-likeness (QED) is 0.710. The summed E-state index contributed by atoms with van der Waals surface area (Å²) in [5.41, 5.74) is 1.91. The van der Waals surface area contributed by atoms with Crippen LogP contribution in [0.5, 0.6) is 11.5 Å². The summed E-state index contributed by atoms with van der Waals surface area (Å²) in [7, 11) is 3.08. The van der Waals surface area contributed by atoms with Crippen LogP contribution in [0.15, 0.2) is 30.5 Å². The van der Waals surface area contributed by atoms with E-state index in [4.69, 9.17) is 14.7 Å². The average Bonchev–Trinajstić information content (AvgIpc) is 3.00. The van der Waals surface area contributed by atoms with E-state index in [1.807, 2.05) is 6.07 Å². The fourth-order valence-electron chi connectivity index (χ4n) is 2.20. The van der Waals surface area contributed by atoms with Crippen LogP contribution in [0.1, 0.15) is 12.0 Å². The van der Waals surface area contributed by atoms with Crippen LogP contribution < -0.4 is 14.6 Å². The van der Waals surface area contributed by atoms with Crippen molar-refractivity contribution in [2.75, 3.05) is 14.2 Å². The van der Waals surface area contributed by atoms with E-state index in [0.29, 0.717) is 35.7 Å². The number of carboxylic acid groups (broad SMARTS) is 1. The van der Waals surface area contributed by atoms with Crippen LogP contribution in [0.25, 0.3) is 17.3 Å². The monoisotopic (exact) mass is 326 g/mol. The van der Waals surface area contributed by atoms with Crippen LogP contribution in [0.3, 0.4) is 0 Å². The number of nitrogens with zero attached hydrogens (tertiary/aromatic N) is 3. The molecule has 0 spiro atoms. The van der Waals surface area contributed by atoms with E-state index < -0.39 is 5.97 Å². The SMILES string of the molecule is COc1ccc(-c2nn(CCC#N)cc2/C=C/C(=O)[O-])cc1OC. The van der Waals surface area contributed by atoms with Gasteiger partial charge < -0.3 is 19.4 Å². The number of rotatable bonds is 7. The van der Waals surface area contributed by atoms with Crippen molar-refractivity contribution >= 4 is 12.0 Å². The Balaban J connectivity index is 2.48. The molecule has 0 N–H and O–H groups in total. The second-order valence-electron chi connectivity index (χ2n) is 4.83. The van der Waals surface area contributed by atoms with Gasteiger partial charge in [0.2, 0.25) is 0 Å². The van der Waals surface area contributed by atoms with Gasteiger partial charge in [0.1, 0.15) is 0 Å². The molecular formula is C17H16N3O4-. The molecule has 1 aromatic heterocycles. The molecule has 0 unspecified atom stereocenters. The van der Waals surface area contributed by atoms with Gasteiger partial charge in [0.25, 0.3) is 0 Å². The number of carbonyl (C=O) groups excluding carboxylic acids is 1. The van der Waals surface area contributed by atoms with E-state index >= 15 is 0 Å². The van der Waals surface area contributed by atoms with Gasteiger partial charge >= 0.3 is 0 Å². The number of ether oxygens (including phenoxy) is 2. The van der Waals surface area contributed by atoms with Crippen LogP contribution in [0.2, 0.25) is 0 Å². The molecule has 0 amide bonds. The smallest absolute Gasteiger partial charge is 0.161 e. The van der Waals surface area contributed by atoms with Crippen molar-refractivity contribution in [2.24, 2.45) is 0 Å². The summed E-state index contributed by atoms with van der Waals surface area (Å²) in [6.07, 6.45) is 4.34. The zero-order chi connectivity index (χ0) is 17.5. The van der Waals surface area contributed by atoms with E-state index in [2.05, 4.69) is 5.10 Å². The molecular weight excluding hydrogens is 310 g/mol. The van der Waals surface area contributed by atoms with E-state index in [-0.39, 0.29) is 0 Å². The van der Waals surface area contributed by atoms with Gasteiger partial charge in [-0.05, 0) is 30.4 Å². The molecule has 0 aliphatic carbocycles. The number of aryl methyl sites for hydroxylation is 1. The predicted octanol–water partition coefficient (Wildman–Crippen LogP) is 1.24. The number of benzene rings is 1. The number of hydrogen-bond acceptors (Lipinski definition) is 6. The molecule has 0 bridgehead atoms. The first-order chi connectivity index (χ1) is 11.6. The molecule has 24 heavy (non-hydrogen) atoms. The second-order valence-corrected chi connectivity index (χ2v) is 4.83. The summed E-state index contributed by atoms with van der Waals surface area (Å²) < 4.78 is 12.1. The zero-order valence-electron chi connectivity index (χ0n) is 13.4. The van der Waals surface area contributed by atoms with Crippen molar-refractivity contribution in [1.82, 2.24) is 9.78 Å². The lowest BCUT2D eigenvalue weighted by molar-refractivity contribution is -0.297. The molecule has 2 rings (SSSR count). The van der Waals surface area contributed by atoms with Crippen LogP contribution in [-0.4, -0.2) is 30.0 Å². The Kier molecular flexibility index (Phi) is 5.58. The highest BCUT2D eigenvalue weighted by Gasteiger charge is 2.12. The first-order valence-corrected chi connectivity index (χ1v) is 7.15. The fourth-order valence-corrected chi connectivity index (χ4v) is 2.20. The van der Waals surface area contributed by atoms with Crippen molar-refractivity contribution in [1.29, 1.82) is 5.26 Å². The minimum atomic E-state index is -1.29. The van der Waals surface area contributed by atoms with E-state index in [1.165, 1.54) is 13.2 Å². The Morgan fingerprint density at radius 2 is 2.12 bits per heavy atom. The predicted molar refractivity (Wildman–Crippen MR) is 85.0 cm³/mol. The van der Waals surface area contributed by atoms with Gasteiger partial charge in [0.15, 0.2) is 11.5 Å².